The molecule has 0 aliphatic carbocycles. The van der Waals surface area contributed by atoms with Crippen LogP contribution in [0.25, 0.3) is 10.9 Å². The quantitative estimate of drug-likeness (QED) is 0.448. The fraction of sp³-hybridized carbons (Fsp3) is 0.464. The summed E-state index contributed by atoms with van der Waals surface area (Å²) in [7, 11) is 3.91. The number of carbonyl (C=O) groups is 1. The number of carbonyl (C=O) groups excluding carboxylic acids is 1. The maximum atomic E-state index is 12.9. The van der Waals surface area contributed by atoms with Gasteiger partial charge in [0.15, 0.2) is 0 Å². The highest BCUT2D eigenvalue weighted by molar-refractivity contribution is 5.90. The highest BCUT2D eigenvalue weighted by Crippen LogP contribution is 2.26. The minimum atomic E-state index is 0.0103. The summed E-state index contributed by atoms with van der Waals surface area (Å²) >= 11 is 0. The van der Waals surface area contributed by atoms with Crippen molar-refractivity contribution in [3.63, 3.8) is 0 Å². The summed E-state index contributed by atoms with van der Waals surface area (Å²) in [5.41, 5.74) is 4.41. The molecule has 4 rings (SSSR count). The van der Waals surface area contributed by atoms with Gasteiger partial charge in [0, 0.05) is 31.9 Å². The van der Waals surface area contributed by atoms with Crippen LogP contribution >= 0.6 is 0 Å². The molecular formula is C28H38N6O. The fourth-order valence-electron chi connectivity index (χ4n) is 4.58. The summed E-state index contributed by atoms with van der Waals surface area (Å²) in [6, 6.07) is 14.8. The number of hydrogen-bond donors (Lipinski definition) is 3. The van der Waals surface area contributed by atoms with E-state index in [9.17, 15) is 4.79 Å². The number of aromatic nitrogens is 2. The second kappa shape index (κ2) is 11.0. The number of hydrogen-bond acceptors (Lipinski definition) is 6. The van der Waals surface area contributed by atoms with E-state index in [0.29, 0.717) is 18.4 Å². The molecule has 186 valence electrons. The van der Waals surface area contributed by atoms with Crippen molar-refractivity contribution < 1.29 is 4.79 Å². The van der Waals surface area contributed by atoms with Gasteiger partial charge in [0.25, 0.3) is 0 Å². The molecule has 0 radical (unpaired) electrons. The number of aryl methyl sites for hydroxylation is 1. The Morgan fingerprint density at radius 2 is 1.80 bits per heavy atom. The lowest BCUT2D eigenvalue weighted by Gasteiger charge is -2.28. The van der Waals surface area contributed by atoms with Crippen LogP contribution in [0.15, 0.2) is 42.5 Å². The van der Waals surface area contributed by atoms with Gasteiger partial charge >= 0.3 is 0 Å². The van der Waals surface area contributed by atoms with Crippen LogP contribution in [0.1, 0.15) is 49.4 Å². The zero-order valence-corrected chi connectivity index (χ0v) is 21.6. The van der Waals surface area contributed by atoms with Crippen molar-refractivity contribution in [2.75, 3.05) is 37.4 Å². The number of nitrogens with zero attached hydrogens (tertiary/aromatic N) is 3. The minimum Gasteiger partial charge on any atom is -0.365 e. The summed E-state index contributed by atoms with van der Waals surface area (Å²) in [5, 5.41) is 11.2. The van der Waals surface area contributed by atoms with E-state index < -0.39 is 0 Å². The Morgan fingerprint density at radius 3 is 2.46 bits per heavy atom. The third-order valence-electron chi connectivity index (χ3n) is 6.71. The number of nitrogens with one attached hydrogen (secondary N) is 3. The van der Waals surface area contributed by atoms with Gasteiger partial charge < -0.3 is 20.9 Å². The minimum absolute atomic E-state index is 0.0103. The van der Waals surface area contributed by atoms with Gasteiger partial charge in [-0.25, -0.2) is 4.98 Å². The van der Waals surface area contributed by atoms with Crippen LogP contribution in [-0.4, -0.2) is 43.1 Å². The SMILES string of the molecule is Cc1ccc2c(NCc3ccc(C(NC(=O)C4CCNCC4)C(C)C)cc3)nc(N(C)C)nc2c1. The molecule has 0 bridgehead atoms. The van der Waals surface area contributed by atoms with Gasteiger partial charge in [-0.3, -0.25) is 4.79 Å². The number of piperidine rings is 1. The lowest BCUT2D eigenvalue weighted by atomic mass is 9.92. The maximum Gasteiger partial charge on any atom is 0.227 e. The Kier molecular flexibility index (Phi) is 7.86. The molecule has 35 heavy (non-hydrogen) atoms. The highest BCUT2D eigenvalue weighted by Gasteiger charge is 2.25. The van der Waals surface area contributed by atoms with E-state index in [-0.39, 0.29) is 17.9 Å². The van der Waals surface area contributed by atoms with E-state index in [4.69, 9.17) is 9.97 Å². The molecule has 3 aromatic rings. The molecule has 1 aliphatic heterocycles. The second-order valence-electron chi connectivity index (χ2n) is 10.1. The standard InChI is InChI=1S/C28H38N6O/c1-18(2)25(32-27(35)22-12-14-29-15-13-22)21-9-7-20(8-10-21)17-30-26-23-11-6-19(3)16-24(23)31-28(33-26)34(4)5/h6-11,16,18,22,25,29H,12-15,17H2,1-5H3,(H,32,35)(H,30,31,33). The normalized spacial score (nSPS) is 15.3. The number of rotatable bonds is 8. The Bertz CT molecular complexity index is 1150. The first kappa shape index (κ1) is 24.9. The molecule has 1 aromatic heterocycles. The van der Waals surface area contributed by atoms with Crippen molar-refractivity contribution in [3.05, 3.63) is 59.2 Å². The van der Waals surface area contributed by atoms with Gasteiger partial charge in [-0.05, 0) is 67.6 Å². The molecule has 1 fully saturated rings. The molecule has 1 saturated heterocycles. The molecule has 1 amide bonds. The predicted molar refractivity (Wildman–Crippen MR) is 144 cm³/mol. The third kappa shape index (κ3) is 6.09. The van der Waals surface area contributed by atoms with Crippen LogP contribution in [0, 0.1) is 18.8 Å². The monoisotopic (exact) mass is 474 g/mol. The summed E-state index contributed by atoms with van der Waals surface area (Å²) in [6.07, 6.45) is 1.82. The van der Waals surface area contributed by atoms with Gasteiger partial charge in [0.2, 0.25) is 11.9 Å². The predicted octanol–water partition coefficient (Wildman–Crippen LogP) is 4.43. The summed E-state index contributed by atoms with van der Waals surface area (Å²) in [4.78, 5) is 24.2. The summed E-state index contributed by atoms with van der Waals surface area (Å²) in [6.45, 7) is 8.89. The molecule has 1 unspecified atom stereocenters. The zero-order chi connectivity index (χ0) is 24.9. The Hall–Kier alpha value is -3.19. The van der Waals surface area contributed by atoms with Crippen LogP contribution in [0.5, 0.6) is 0 Å². The number of fused-ring (bicyclic) bond motifs is 1. The van der Waals surface area contributed by atoms with E-state index in [2.05, 4.69) is 79.2 Å². The lowest BCUT2D eigenvalue weighted by molar-refractivity contribution is -0.126. The van der Waals surface area contributed by atoms with E-state index in [1.807, 2.05) is 19.0 Å². The first-order valence-corrected chi connectivity index (χ1v) is 12.6. The van der Waals surface area contributed by atoms with Gasteiger partial charge in [-0.2, -0.15) is 4.98 Å². The first-order valence-electron chi connectivity index (χ1n) is 12.6. The van der Waals surface area contributed by atoms with E-state index in [1.165, 1.54) is 5.56 Å². The second-order valence-corrected chi connectivity index (χ2v) is 10.1. The highest BCUT2D eigenvalue weighted by atomic mass is 16.1. The van der Waals surface area contributed by atoms with Crippen LogP contribution in [-0.2, 0) is 11.3 Å². The number of amides is 1. The molecule has 1 atom stereocenters. The Labute approximate surface area is 208 Å². The fourth-order valence-corrected chi connectivity index (χ4v) is 4.58. The summed E-state index contributed by atoms with van der Waals surface area (Å²) < 4.78 is 0. The topological polar surface area (TPSA) is 82.2 Å². The number of anilines is 2. The Balaban J connectivity index is 1.47. The maximum absolute atomic E-state index is 12.9. The van der Waals surface area contributed by atoms with Crippen LogP contribution in [0.4, 0.5) is 11.8 Å². The molecular weight excluding hydrogens is 436 g/mol. The molecule has 7 heteroatoms. The smallest absolute Gasteiger partial charge is 0.227 e. The average molecular weight is 475 g/mol. The van der Waals surface area contributed by atoms with Crippen molar-refractivity contribution in [2.45, 2.75) is 46.2 Å². The molecule has 7 nitrogen and oxygen atoms in total. The van der Waals surface area contributed by atoms with E-state index >= 15 is 0 Å². The number of benzene rings is 2. The Morgan fingerprint density at radius 1 is 1.09 bits per heavy atom. The van der Waals surface area contributed by atoms with Gasteiger partial charge in [-0.1, -0.05) is 44.2 Å². The molecule has 2 aromatic carbocycles. The molecule has 0 saturated carbocycles. The van der Waals surface area contributed by atoms with Gasteiger partial charge in [-0.15, -0.1) is 0 Å². The van der Waals surface area contributed by atoms with Crippen molar-refractivity contribution in [1.29, 1.82) is 0 Å². The van der Waals surface area contributed by atoms with Crippen LogP contribution < -0.4 is 20.9 Å². The van der Waals surface area contributed by atoms with Crippen LogP contribution in [0.2, 0.25) is 0 Å². The van der Waals surface area contributed by atoms with Crippen molar-refractivity contribution in [2.24, 2.45) is 11.8 Å². The molecule has 0 spiro atoms. The molecule has 1 aliphatic rings. The van der Waals surface area contributed by atoms with E-state index in [0.717, 1.165) is 53.8 Å². The lowest BCUT2D eigenvalue weighted by Crippen LogP contribution is -2.40. The van der Waals surface area contributed by atoms with E-state index in [1.54, 1.807) is 0 Å². The third-order valence-corrected chi connectivity index (χ3v) is 6.71. The summed E-state index contributed by atoms with van der Waals surface area (Å²) in [5.74, 6) is 2.12. The van der Waals surface area contributed by atoms with Gasteiger partial charge in [0.05, 0.1) is 11.6 Å². The first-order chi connectivity index (χ1) is 16.8. The van der Waals surface area contributed by atoms with Crippen molar-refractivity contribution >= 4 is 28.6 Å². The molecule has 2 heterocycles. The van der Waals surface area contributed by atoms with Crippen molar-refractivity contribution in [3.8, 4) is 0 Å². The van der Waals surface area contributed by atoms with Crippen molar-refractivity contribution in [1.82, 2.24) is 20.6 Å². The van der Waals surface area contributed by atoms with Crippen LogP contribution in [0.3, 0.4) is 0 Å². The largest absolute Gasteiger partial charge is 0.365 e. The van der Waals surface area contributed by atoms with Gasteiger partial charge in [0.1, 0.15) is 5.82 Å². The molecule has 3 N–H and O–H groups in total. The average Bonchev–Trinajstić information content (AvgIpc) is 2.86. The zero-order valence-electron chi connectivity index (χ0n) is 21.6.